The molecule has 0 spiro atoms. The van der Waals surface area contributed by atoms with Gasteiger partial charge >= 0.3 is 0 Å². The van der Waals surface area contributed by atoms with Gasteiger partial charge in [-0.1, -0.05) is 80.4 Å². The third-order valence-electron chi connectivity index (χ3n) is 5.42. The number of ether oxygens (including phenoxy) is 1. The largest absolute Gasteiger partial charge is 0.494 e. The highest BCUT2D eigenvalue weighted by Gasteiger charge is 2.11. The van der Waals surface area contributed by atoms with E-state index in [1.807, 2.05) is 80.0 Å². The highest BCUT2D eigenvalue weighted by atomic mass is 16.5. The molecule has 0 amide bonds. The second kappa shape index (κ2) is 11.8. The van der Waals surface area contributed by atoms with Gasteiger partial charge in [-0.2, -0.15) is 5.10 Å². The second-order valence-electron chi connectivity index (χ2n) is 8.06. The first-order valence-electron chi connectivity index (χ1n) is 11.7. The molecule has 5 nitrogen and oxygen atoms in total. The van der Waals surface area contributed by atoms with E-state index in [-0.39, 0.29) is 0 Å². The standard InChI is InChI=1S/C29H30N4O/c1-3-4-11-20-34-26-18-16-23(17-19-26)22-30-33(2)29-31-27(24-12-7-5-8-13-24)21-28(32-29)25-14-9-6-10-15-25/h5-10,12-19,21-22H,3-4,11,20H2,1-2H3/b30-22-. The number of anilines is 1. The Labute approximate surface area is 201 Å². The zero-order chi connectivity index (χ0) is 23.6. The SMILES string of the molecule is CCCCCOc1ccc(/C=N\N(C)c2nc(-c3ccccc3)cc(-c3ccccc3)n2)cc1. The quantitative estimate of drug-likeness (QED) is 0.151. The van der Waals surface area contributed by atoms with Crippen molar-refractivity contribution < 1.29 is 4.74 Å². The maximum Gasteiger partial charge on any atom is 0.247 e. The van der Waals surface area contributed by atoms with Crippen molar-refractivity contribution in [2.75, 3.05) is 18.7 Å². The molecule has 0 saturated carbocycles. The van der Waals surface area contributed by atoms with Crippen LogP contribution in [0.1, 0.15) is 31.7 Å². The van der Waals surface area contributed by atoms with Crippen LogP contribution in [-0.4, -0.2) is 29.8 Å². The Morgan fingerprint density at radius 2 is 1.38 bits per heavy atom. The summed E-state index contributed by atoms with van der Waals surface area (Å²) in [6, 6.07) is 30.2. The Kier molecular flexibility index (Phi) is 8.01. The predicted molar refractivity (Wildman–Crippen MR) is 140 cm³/mol. The molecule has 0 radical (unpaired) electrons. The van der Waals surface area contributed by atoms with Gasteiger partial charge in [-0.25, -0.2) is 15.0 Å². The summed E-state index contributed by atoms with van der Waals surface area (Å²) in [5.41, 5.74) is 4.77. The summed E-state index contributed by atoms with van der Waals surface area (Å²) in [5.74, 6) is 1.42. The molecule has 4 rings (SSSR count). The number of benzene rings is 3. The van der Waals surface area contributed by atoms with Gasteiger partial charge in [0.25, 0.3) is 0 Å². The Morgan fingerprint density at radius 1 is 0.794 bits per heavy atom. The lowest BCUT2D eigenvalue weighted by molar-refractivity contribution is 0.306. The molecule has 0 bridgehead atoms. The average molecular weight is 451 g/mol. The molecule has 0 aliphatic heterocycles. The second-order valence-corrected chi connectivity index (χ2v) is 8.06. The van der Waals surface area contributed by atoms with Crippen LogP contribution in [0.15, 0.2) is 96.1 Å². The molecular formula is C29H30N4O. The van der Waals surface area contributed by atoms with E-state index in [2.05, 4.69) is 36.3 Å². The van der Waals surface area contributed by atoms with E-state index in [9.17, 15) is 0 Å². The van der Waals surface area contributed by atoms with Crippen LogP contribution in [0.4, 0.5) is 5.95 Å². The molecule has 0 fully saturated rings. The summed E-state index contributed by atoms with van der Waals surface area (Å²) in [4.78, 5) is 9.57. The molecule has 4 aromatic rings. The molecule has 1 heterocycles. The van der Waals surface area contributed by atoms with Gasteiger partial charge in [0, 0.05) is 18.2 Å². The summed E-state index contributed by atoms with van der Waals surface area (Å²) >= 11 is 0. The number of hydrazone groups is 1. The van der Waals surface area contributed by atoms with E-state index in [4.69, 9.17) is 14.7 Å². The maximum atomic E-state index is 5.79. The summed E-state index contributed by atoms with van der Waals surface area (Å²) in [7, 11) is 1.86. The van der Waals surface area contributed by atoms with Gasteiger partial charge < -0.3 is 4.74 Å². The van der Waals surface area contributed by atoms with E-state index < -0.39 is 0 Å². The van der Waals surface area contributed by atoms with E-state index in [1.165, 1.54) is 12.8 Å². The predicted octanol–water partition coefficient (Wildman–Crippen LogP) is 6.85. The van der Waals surface area contributed by atoms with Crippen LogP contribution in [0, 0.1) is 0 Å². The monoisotopic (exact) mass is 450 g/mol. The van der Waals surface area contributed by atoms with Crippen LogP contribution in [-0.2, 0) is 0 Å². The van der Waals surface area contributed by atoms with Crippen LogP contribution >= 0.6 is 0 Å². The Hall–Kier alpha value is -3.99. The van der Waals surface area contributed by atoms with Crippen molar-refractivity contribution in [3.63, 3.8) is 0 Å². The van der Waals surface area contributed by atoms with Crippen LogP contribution < -0.4 is 9.75 Å². The third-order valence-corrected chi connectivity index (χ3v) is 5.42. The van der Waals surface area contributed by atoms with Gasteiger partial charge in [0.1, 0.15) is 5.75 Å². The van der Waals surface area contributed by atoms with Crippen LogP contribution in [0.5, 0.6) is 5.75 Å². The normalized spacial score (nSPS) is 11.0. The van der Waals surface area contributed by atoms with E-state index in [1.54, 1.807) is 5.01 Å². The fourth-order valence-corrected chi connectivity index (χ4v) is 3.49. The van der Waals surface area contributed by atoms with Crippen molar-refractivity contribution >= 4 is 12.2 Å². The van der Waals surface area contributed by atoms with E-state index in [0.717, 1.165) is 46.9 Å². The number of unbranched alkanes of at least 4 members (excludes halogenated alkanes) is 2. The molecule has 5 heteroatoms. The van der Waals surface area contributed by atoms with Crippen molar-refractivity contribution in [2.24, 2.45) is 5.10 Å². The van der Waals surface area contributed by atoms with E-state index >= 15 is 0 Å². The zero-order valence-corrected chi connectivity index (χ0v) is 19.8. The Morgan fingerprint density at radius 3 is 1.94 bits per heavy atom. The third kappa shape index (κ3) is 6.29. The molecule has 0 saturated heterocycles. The highest BCUT2D eigenvalue weighted by Crippen LogP contribution is 2.26. The highest BCUT2D eigenvalue weighted by molar-refractivity contribution is 5.80. The lowest BCUT2D eigenvalue weighted by Crippen LogP contribution is -2.13. The summed E-state index contributed by atoms with van der Waals surface area (Å²) in [5, 5.41) is 6.30. The van der Waals surface area contributed by atoms with Crippen LogP contribution in [0.2, 0.25) is 0 Å². The number of rotatable bonds is 10. The fourth-order valence-electron chi connectivity index (χ4n) is 3.49. The maximum absolute atomic E-state index is 5.79. The molecule has 0 N–H and O–H groups in total. The minimum Gasteiger partial charge on any atom is -0.494 e. The average Bonchev–Trinajstić information content (AvgIpc) is 2.91. The van der Waals surface area contributed by atoms with E-state index in [0.29, 0.717) is 5.95 Å². The smallest absolute Gasteiger partial charge is 0.247 e. The molecular weight excluding hydrogens is 420 g/mol. The minimum atomic E-state index is 0.535. The minimum absolute atomic E-state index is 0.535. The van der Waals surface area contributed by atoms with Crippen LogP contribution in [0.3, 0.4) is 0 Å². The molecule has 0 aliphatic rings. The molecule has 34 heavy (non-hydrogen) atoms. The first-order chi connectivity index (χ1) is 16.7. The van der Waals surface area contributed by atoms with Crippen molar-refractivity contribution in [3.05, 3.63) is 96.6 Å². The van der Waals surface area contributed by atoms with Crippen molar-refractivity contribution in [3.8, 4) is 28.3 Å². The van der Waals surface area contributed by atoms with Gasteiger partial charge in [-0.05, 0) is 42.3 Å². The molecule has 3 aromatic carbocycles. The number of hydrogen-bond donors (Lipinski definition) is 0. The lowest BCUT2D eigenvalue weighted by Gasteiger charge is -2.14. The zero-order valence-electron chi connectivity index (χ0n) is 19.8. The fraction of sp³-hybridized carbons (Fsp3) is 0.207. The first-order valence-corrected chi connectivity index (χ1v) is 11.7. The van der Waals surface area contributed by atoms with Crippen molar-refractivity contribution in [1.29, 1.82) is 0 Å². The van der Waals surface area contributed by atoms with Gasteiger partial charge in [0.2, 0.25) is 5.95 Å². The summed E-state index contributed by atoms with van der Waals surface area (Å²) < 4.78 is 5.79. The van der Waals surface area contributed by atoms with Gasteiger partial charge in [-0.15, -0.1) is 0 Å². The molecule has 0 unspecified atom stereocenters. The van der Waals surface area contributed by atoms with Crippen molar-refractivity contribution in [2.45, 2.75) is 26.2 Å². The molecule has 0 atom stereocenters. The van der Waals surface area contributed by atoms with Crippen LogP contribution in [0.25, 0.3) is 22.5 Å². The number of nitrogens with zero attached hydrogens (tertiary/aromatic N) is 4. The molecule has 0 aliphatic carbocycles. The lowest BCUT2D eigenvalue weighted by atomic mass is 10.1. The topological polar surface area (TPSA) is 50.6 Å². The van der Waals surface area contributed by atoms with Gasteiger partial charge in [-0.3, -0.25) is 0 Å². The number of aromatic nitrogens is 2. The Bertz CT molecular complexity index is 1130. The first kappa shape index (κ1) is 23.2. The van der Waals surface area contributed by atoms with Gasteiger partial charge in [0.05, 0.1) is 24.2 Å². The summed E-state index contributed by atoms with van der Waals surface area (Å²) in [6.45, 7) is 2.94. The van der Waals surface area contributed by atoms with Crippen molar-refractivity contribution in [1.82, 2.24) is 9.97 Å². The van der Waals surface area contributed by atoms with Gasteiger partial charge in [0.15, 0.2) is 0 Å². The molecule has 172 valence electrons. The Balaban J connectivity index is 1.54. The molecule has 1 aromatic heterocycles. The number of hydrogen-bond acceptors (Lipinski definition) is 5. The summed E-state index contributed by atoms with van der Waals surface area (Å²) in [6.07, 6.45) is 5.27.